The maximum atomic E-state index is 11.5. The number of piperidine rings is 2. The Labute approximate surface area is 317 Å². The number of benzene rings is 4. The molecule has 6 N–H and O–H groups in total. The Hall–Kier alpha value is -5.54. The van der Waals surface area contributed by atoms with Crippen LogP contribution >= 0.6 is 0 Å². The van der Waals surface area contributed by atoms with Crippen molar-refractivity contribution in [3.8, 4) is 6.07 Å². The standard InChI is InChI=1S/C22H25BN4O.C21H24N4O/c1-23(28)26-11-8-20(9-12-26)27(16-18-4-2-3-17(13-18)15-24)21-5-6-22-19(14-21)7-10-25-22;22-21(26)17-3-1-2-15(12-17)14-25(18-7-9-23-10-8-18)19-4-5-20-16(13-19)6-11-24-20/h2-7,10,13-14,20,25,28H,8-9,11-12,16H2,1H3;1-6,11-13,18,23-24H,7-10,14H2,(H2,22,26). The molecule has 1 amide bonds. The number of primary amides is 1. The van der Waals surface area contributed by atoms with Gasteiger partial charge in [-0.1, -0.05) is 24.3 Å². The minimum atomic E-state index is -0.391. The molecule has 2 aliphatic rings. The van der Waals surface area contributed by atoms with Crippen molar-refractivity contribution in [3.63, 3.8) is 0 Å². The number of hydrogen-bond acceptors (Lipinski definition) is 7. The van der Waals surface area contributed by atoms with Crippen LogP contribution in [0, 0.1) is 11.3 Å². The molecule has 0 aliphatic carbocycles. The monoisotopic (exact) mass is 720 g/mol. The van der Waals surface area contributed by atoms with Gasteiger partial charge in [0.25, 0.3) is 0 Å². The summed E-state index contributed by atoms with van der Waals surface area (Å²) in [6, 6.07) is 36.0. The van der Waals surface area contributed by atoms with Gasteiger partial charge in [-0.2, -0.15) is 5.26 Å². The third-order valence-corrected chi connectivity index (χ3v) is 10.9. The fourth-order valence-corrected chi connectivity index (χ4v) is 7.95. The summed E-state index contributed by atoms with van der Waals surface area (Å²) in [5.41, 5.74) is 13.7. The first kappa shape index (κ1) is 36.8. The summed E-state index contributed by atoms with van der Waals surface area (Å²) in [6.45, 7) is 7.23. The Morgan fingerprint density at radius 3 is 1.91 bits per heavy atom. The van der Waals surface area contributed by atoms with Gasteiger partial charge in [0.05, 0.1) is 11.6 Å². The fourth-order valence-electron chi connectivity index (χ4n) is 7.95. The average molecular weight is 721 g/mol. The van der Waals surface area contributed by atoms with E-state index in [1.807, 2.05) is 49.5 Å². The average Bonchev–Trinajstić information content (AvgIpc) is 3.89. The first-order valence-electron chi connectivity index (χ1n) is 19.0. The molecule has 2 fully saturated rings. The third kappa shape index (κ3) is 8.80. The van der Waals surface area contributed by atoms with Crippen molar-refractivity contribution in [1.29, 1.82) is 5.26 Å². The molecule has 0 atom stereocenters. The van der Waals surface area contributed by atoms with Gasteiger partial charge in [-0.05, 0) is 143 Å². The second-order valence-electron chi connectivity index (χ2n) is 14.5. The normalized spacial score (nSPS) is 15.4. The van der Waals surface area contributed by atoms with E-state index in [1.165, 1.54) is 22.1 Å². The van der Waals surface area contributed by atoms with Crippen molar-refractivity contribution >= 4 is 46.1 Å². The summed E-state index contributed by atoms with van der Waals surface area (Å²) >= 11 is 0. The van der Waals surface area contributed by atoms with Gasteiger partial charge < -0.3 is 40.7 Å². The first-order chi connectivity index (χ1) is 26.3. The molecule has 0 saturated carbocycles. The number of aromatic nitrogens is 2. The van der Waals surface area contributed by atoms with Gasteiger partial charge >= 0.3 is 7.05 Å². The lowest BCUT2D eigenvalue weighted by atomic mass is 9.82. The molecule has 0 unspecified atom stereocenters. The highest BCUT2D eigenvalue weighted by molar-refractivity contribution is 6.45. The van der Waals surface area contributed by atoms with Crippen molar-refractivity contribution in [2.24, 2.45) is 5.73 Å². The number of nitriles is 1. The van der Waals surface area contributed by atoms with E-state index in [1.54, 1.807) is 6.07 Å². The van der Waals surface area contributed by atoms with Gasteiger partial charge in [-0.15, -0.1) is 0 Å². The van der Waals surface area contributed by atoms with Crippen molar-refractivity contribution in [2.45, 2.75) is 57.7 Å². The Kier molecular flexibility index (Phi) is 11.6. The van der Waals surface area contributed by atoms with Crippen LogP contribution in [0.25, 0.3) is 21.8 Å². The topological polar surface area (TPSA) is 140 Å². The minimum absolute atomic E-state index is 0.381. The number of nitrogens with one attached hydrogen (secondary N) is 3. The summed E-state index contributed by atoms with van der Waals surface area (Å²) in [5, 5.41) is 25.0. The summed E-state index contributed by atoms with van der Waals surface area (Å²) in [4.78, 5) is 25.1. The Bertz CT molecular complexity index is 2210. The summed E-state index contributed by atoms with van der Waals surface area (Å²) in [6.07, 6.45) is 8.18. The van der Waals surface area contributed by atoms with Crippen molar-refractivity contribution in [3.05, 3.63) is 132 Å². The highest BCUT2D eigenvalue weighted by Crippen LogP contribution is 2.30. The zero-order valence-electron chi connectivity index (χ0n) is 30.9. The molecule has 8 rings (SSSR count). The molecule has 6 aromatic rings. The lowest BCUT2D eigenvalue weighted by molar-refractivity contribution is 0.1000. The van der Waals surface area contributed by atoms with Gasteiger partial charge in [0.15, 0.2) is 0 Å². The molecular formula is C43H49BN8O2. The molecule has 0 bridgehead atoms. The van der Waals surface area contributed by atoms with Crippen molar-refractivity contribution in [2.75, 3.05) is 36.0 Å². The van der Waals surface area contributed by atoms with Crippen LogP contribution in [0.15, 0.2) is 109 Å². The van der Waals surface area contributed by atoms with Crippen LogP contribution in [0.3, 0.4) is 0 Å². The van der Waals surface area contributed by atoms with Gasteiger partial charge in [-0.25, -0.2) is 0 Å². The maximum Gasteiger partial charge on any atom is 0.376 e. The van der Waals surface area contributed by atoms with Gasteiger partial charge in [0.2, 0.25) is 5.91 Å². The molecule has 4 heterocycles. The number of nitrogens with two attached hydrogens (primary N) is 1. The van der Waals surface area contributed by atoms with Crippen LogP contribution in [0.4, 0.5) is 11.4 Å². The number of carbonyl (C=O) groups is 1. The van der Waals surface area contributed by atoms with E-state index in [9.17, 15) is 15.1 Å². The quantitative estimate of drug-likeness (QED) is 0.1000. The lowest BCUT2D eigenvalue weighted by Crippen LogP contribution is -2.49. The molecule has 276 valence electrons. The second-order valence-corrected chi connectivity index (χ2v) is 14.5. The van der Waals surface area contributed by atoms with E-state index in [2.05, 4.69) is 96.6 Å². The van der Waals surface area contributed by atoms with Crippen LogP contribution in [0.1, 0.15) is 52.7 Å². The first-order valence-corrected chi connectivity index (χ1v) is 19.0. The predicted molar refractivity (Wildman–Crippen MR) is 219 cm³/mol. The van der Waals surface area contributed by atoms with E-state index in [0.717, 1.165) is 87.1 Å². The molecule has 0 spiro atoms. The zero-order valence-corrected chi connectivity index (χ0v) is 30.9. The number of fused-ring (bicyclic) bond motifs is 2. The highest BCUT2D eigenvalue weighted by atomic mass is 16.2. The van der Waals surface area contributed by atoms with Gasteiger partial charge in [0, 0.05) is 76.3 Å². The Morgan fingerprint density at radius 2 is 1.35 bits per heavy atom. The van der Waals surface area contributed by atoms with E-state index in [0.29, 0.717) is 23.2 Å². The second kappa shape index (κ2) is 17.1. The molecular weight excluding hydrogens is 671 g/mol. The number of rotatable bonds is 10. The van der Waals surface area contributed by atoms with Gasteiger partial charge in [0.1, 0.15) is 0 Å². The van der Waals surface area contributed by atoms with Crippen LogP contribution in [0.5, 0.6) is 0 Å². The van der Waals surface area contributed by atoms with Crippen LogP contribution in [-0.2, 0) is 13.1 Å². The molecule has 54 heavy (non-hydrogen) atoms. The lowest BCUT2D eigenvalue weighted by Gasteiger charge is -2.40. The van der Waals surface area contributed by atoms with E-state index in [4.69, 9.17) is 5.73 Å². The largest absolute Gasteiger partial charge is 0.437 e. The van der Waals surface area contributed by atoms with E-state index >= 15 is 0 Å². The molecule has 2 aliphatic heterocycles. The molecule has 0 radical (unpaired) electrons. The fraction of sp³-hybridized carbons (Fsp3) is 0.302. The minimum Gasteiger partial charge on any atom is -0.437 e. The Balaban J connectivity index is 0.000000167. The molecule has 2 saturated heterocycles. The number of amides is 1. The summed E-state index contributed by atoms with van der Waals surface area (Å²) < 4.78 is 0. The van der Waals surface area contributed by atoms with Crippen LogP contribution < -0.4 is 20.9 Å². The SMILES string of the molecule is CB(O)N1CCC(N(Cc2cccc(C#N)c2)c2ccc3[nH]ccc3c2)CC1.NC(=O)c1cccc(CN(c2ccc3[nH]ccc3c2)C2CCNCC2)c1. The predicted octanol–water partition coefficient (Wildman–Crippen LogP) is 6.65. The van der Waals surface area contributed by atoms with Crippen molar-refractivity contribution < 1.29 is 9.82 Å². The molecule has 10 nitrogen and oxygen atoms in total. The van der Waals surface area contributed by atoms with E-state index < -0.39 is 7.05 Å². The Morgan fingerprint density at radius 1 is 0.796 bits per heavy atom. The highest BCUT2D eigenvalue weighted by Gasteiger charge is 2.28. The molecule has 11 heteroatoms. The number of hydrogen-bond donors (Lipinski definition) is 5. The molecule has 2 aromatic heterocycles. The third-order valence-electron chi connectivity index (χ3n) is 10.9. The summed E-state index contributed by atoms with van der Waals surface area (Å²) in [7, 11) is -0.391. The number of anilines is 2. The number of H-pyrrole nitrogens is 2. The number of carbonyl (C=O) groups excluding carboxylic acids is 1. The number of aromatic amines is 2. The van der Waals surface area contributed by atoms with E-state index in [-0.39, 0.29) is 5.91 Å². The zero-order chi connectivity index (χ0) is 37.4. The molecule has 4 aromatic carbocycles. The smallest absolute Gasteiger partial charge is 0.376 e. The van der Waals surface area contributed by atoms with Crippen molar-refractivity contribution in [1.82, 2.24) is 20.1 Å². The summed E-state index contributed by atoms with van der Waals surface area (Å²) in [5.74, 6) is -0.381. The maximum absolute atomic E-state index is 11.5. The van der Waals surface area contributed by atoms with Crippen LogP contribution in [-0.4, -0.2) is 71.0 Å². The van der Waals surface area contributed by atoms with Gasteiger partial charge in [-0.3, -0.25) is 4.79 Å². The van der Waals surface area contributed by atoms with Crippen LogP contribution in [0.2, 0.25) is 6.82 Å². The number of nitrogens with zero attached hydrogens (tertiary/aromatic N) is 4.